The topological polar surface area (TPSA) is 58.6 Å². The van der Waals surface area contributed by atoms with E-state index in [-0.39, 0.29) is 5.56 Å². The van der Waals surface area contributed by atoms with Gasteiger partial charge in [0.1, 0.15) is 11.3 Å². The standard InChI is InChI=1S/C13H19NO3/c1-3-4-5-8-14-10-6-7-11(13(15)16)12(9-10)17-2/h6-7,9,14H,3-5,8H2,1-2H3,(H,15,16). The Morgan fingerprint density at radius 1 is 1.41 bits per heavy atom. The van der Waals surface area contributed by atoms with Crippen LogP contribution in [-0.2, 0) is 0 Å². The molecule has 94 valence electrons. The fourth-order valence-corrected chi connectivity index (χ4v) is 1.59. The van der Waals surface area contributed by atoms with Crippen LogP contribution in [0, 0.1) is 0 Å². The number of unbranched alkanes of at least 4 members (excludes halogenated alkanes) is 2. The highest BCUT2D eigenvalue weighted by atomic mass is 16.5. The first-order valence-electron chi connectivity index (χ1n) is 5.84. The van der Waals surface area contributed by atoms with E-state index >= 15 is 0 Å². The largest absolute Gasteiger partial charge is 0.496 e. The van der Waals surface area contributed by atoms with Gasteiger partial charge in [0.25, 0.3) is 0 Å². The molecule has 0 fully saturated rings. The van der Waals surface area contributed by atoms with Crippen molar-refractivity contribution in [2.75, 3.05) is 19.0 Å². The number of hydrogen-bond donors (Lipinski definition) is 2. The predicted octanol–water partition coefficient (Wildman–Crippen LogP) is 3.00. The van der Waals surface area contributed by atoms with Crippen LogP contribution in [0.15, 0.2) is 18.2 Å². The van der Waals surface area contributed by atoms with Gasteiger partial charge < -0.3 is 15.2 Å². The number of benzene rings is 1. The summed E-state index contributed by atoms with van der Waals surface area (Å²) in [7, 11) is 1.47. The van der Waals surface area contributed by atoms with Gasteiger partial charge in [0, 0.05) is 18.3 Å². The molecule has 0 saturated heterocycles. The van der Waals surface area contributed by atoms with Gasteiger partial charge in [0.05, 0.1) is 7.11 Å². The summed E-state index contributed by atoms with van der Waals surface area (Å²) in [4.78, 5) is 10.9. The number of nitrogens with one attached hydrogen (secondary N) is 1. The van der Waals surface area contributed by atoms with Gasteiger partial charge >= 0.3 is 5.97 Å². The molecular formula is C13H19NO3. The number of carboxylic acids is 1. The molecule has 1 aromatic rings. The molecule has 4 nitrogen and oxygen atoms in total. The number of carbonyl (C=O) groups is 1. The smallest absolute Gasteiger partial charge is 0.339 e. The van der Waals surface area contributed by atoms with Gasteiger partial charge in [-0.2, -0.15) is 0 Å². The Balaban J connectivity index is 2.66. The lowest BCUT2D eigenvalue weighted by atomic mass is 10.1. The predicted molar refractivity (Wildman–Crippen MR) is 68.0 cm³/mol. The number of aromatic carboxylic acids is 1. The summed E-state index contributed by atoms with van der Waals surface area (Å²) in [5.74, 6) is -0.586. The molecule has 17 heavy (non-hydrogen) atoms. The summed E-state index contributed by atoms with van der Waals surface area (Å²) in [5, 5.41) is 12.2. The van der Waals surface area contributed by atoms with Gasteiger partial charge in [-0.05, 0) is 18.6 Å². The third-order valence-electron chi connectivity index (χ3n) is 2.54. The zero-order valence-electron chi connectivity index (χ0n) is 10.3. The van der Waals surface area contributed by atoms with E-state index in [1.165, 1.54) is 20.0 Å². The molecule has 0 unspecified atom stereocenters. The van der Waals surface area contributed by atoms with E-state index in [0.717, 1.165) is 18.7 Å². The second-order valence-electron chi connectivity index (χ2n) is 3.85. The first-order valence-corrected chi connectivity index (χ1v) is 5.84. The second-order valence-corrected chi connectivity index (χ2v) is 3.85. The summed E-state index contributed by atoms with van der Waals surface area (Å²) in [5.41, 5.74) is 1.08. The maximum absolute atomic E-state index is 10.9. The van der Waals surface area contributed by atoms with E-state index in [2.05, 4.69) is 12.2 Å². The van der Waals surface area contributed by atoms with Crippen LogP contribution in [0.2, 0.25) is 0 Å². The first-order chi connectivity index (χ1) is 8.19. The maximum Gasteiger partial charge on any atom is 0.339 e. The van der Waals surface area contributed by atoms with Crippen molar-refractivity contribution in [1.29, 1.82) is 0 Å². The first kappa shape index (κ1) is 13.4. The quantitative estimate of drug-likeness (QED) is 0.716. The Morgan fingerprint density at radius 3 is 2.76 bits per heavy atom. The van der Waals surface area contributed by atoms with Crippen molar-refractivity contribution in [2.24, 2.45) is 0 Å². The van der Waals surface area contributed by atoms with Crippen LogP contribution >= 0.6 is 0 Å². The average molecular weight is 237 g/mol. The molecule has 0 radical (unpaired) electrons. The summed E-state index contributed by atoms with van der Waals surface area (Å²) in [6.07, 6.45) is 3.49. The van der Waals surface area contributed by atoms with E-state index in [9.17, 15) is 4.79 Å². The fraction of sp³-hybridized carbons (Fsp3) is 0.462. The lowest BCUT2D eigenvalue weighted by molar-refractivity contribution is 0.0693. The van der Waals surface area contributed by atoms with Crippen molar-refractivity contribution >= 4 is 11.7 Å². The highest BCUT2D eigenvalue weighted by Gasteiger charge is 2.10. The highest BCUT2D eigenvalue weighted by molar-refractivity contribution is 5.91. The molecular weight excluding hydrogens is 218 g/mol. The summed E-state index contributed by atoms with van der Waals surface area (Å²) >= 11 is 0. The van der Waals surface area contributed by atoms with Crippen molar-refractivity contribution in [1.82, 2.24) is 0 Å². The average Bonchev–Trinajstić information content (AvgIpc) is 2.34. The van der Waals surface area contributed by atoms with Crippen LogP contribution in [-0.4, -0.2) is 24.7 Å². The van der Waals surface area contributed by atoms with E-state index in [4.69, 9.17) is 9.84 Å². The van der Waals surface area contributed by atoms with Gasteiger partial charge in [0.2, 0.25) is 0 Å². The number of ether oxygens (including phenoxy) is 1. The molecule has 4 heteroatoms. The third kappa shape index (κ3) is 3.98. The normalized spacial score (nSPS) is 10.0. The molecule has 0 aliphatic carbocycles. The van der Waals surface area contributed by atoms with Crippen LogP contribution in [0.1, 0.15) is 36.5 Å². The Labute approximate surface area is 102 Å². The van der Waals surface area contributed by atoms with Crippen LogP contribution in [0.5, 0.6) is 5.75 Å². The van der Waals surface area contributed by atoms with E-state index < -0.39 is 5.97 Å². The number of hydrogen-bond acceptors (Lipinski definition) is 3. The lowest BCUT2D eigenvalue weighted by Crippen LogP contribution is -2.04. The third-order valence-corrected chi connectivity index (χ3v) is 2.54. The van der Waals surface area contributed by atoms with E-state index in [1.807, 2.05) is 0 Å². The molecule has 0 amide bonds. The van der Waals surface area contributed by atoms with Crippen molar-refractivity contribution in [3.05, 3.63) is 23.8 Å². The van der Waals surface area contributed by atoms with Crippen LogP contribution < -0.4 is 10.1 Å². The fourth-order valence-electron chi connectivity index (χ4n) is 1.59. The molecule has 0 spiro atoms. The van der Waals surface area contributed by atoms with Crippen LogP contribution in [0.25, 0.3) is 0 Å². The Morgan fingerprint density at radius 2 is 2.18 bits per heavy atom. The summed E-state index contributed by atoms with van der Waals surface area (Å²) in [6.45, 7) is 3.05. The Kier molecular flexibility index (Phi) is 5.33. The minimum atomic E-state index is -0.973. The van der Waals surface area contributed by atoms with E-state index in [1.54, 1.807) is 18.2 Å². The van der Waals surface area contributed by atoms with Crippen molar-refractivity contribution in [2.45, 2.75) is 26.2 Å². The molecule has 2 N–H and O–H groups in total. The lowest BCUT2D eigenvalue weighted by Gasteiger charge is -2.09. The molecule has 1 aromatic carbocycles. The van der Waals surface area contributed by atoms with Gasteiger partial charge in [-0.1, -0.05) is 19.8 Å². The molecule has 0 heterocycles. The number of carboxylic acid groups (broad SMARTS) is 1. The molecule has 0 saturated carbocycles. The zero-order chi connectivity index (χ0) is 12.7. The van der Waals surface area contributed by atoms with Crippen LogP contribution in [0.3, 0.4) is 0 Å². The molecule has 0 atom stereocenters. The minimum absolute atomic E-state index is 0.187. The van der Waals surface area contributed by atoms with E-state index in [0.29, 0.717) is 5.75 Å². The number of anilines is 1. The van der Waals surface area contributed by atoms with Crippen LogP contribution in [0.4, 0.5) is 5.69 Å². The van der Waals surface area contributed by atoms with Gasteiger partial charge in [-0.3, -0.25) is 0 Å². The SMILES string of the molecule is CCCCCNc1ccc(C(=O)O)c(OC)c1. The van der Waals surface area contributed by atoms with Gasteiger partial charge in [-0.25, -0.2) is 4.79 Å². The number of methoxy groups -OCH3 is 1. The van der Waals surface area contributed by atoms with Crippen molar-refractivity contribution in [3.8, 4) is 5.75 Å². The highest BCUT2D eigenvalue weighted by Crippen LogP contribution is 2.23. The molecule has 0 aliphatic heterocycles. The van der Waals surface area contributed by atoms with Crippen molar-refractivity contribution in [3.63, 3.8) is 0 Å². The summed E-state index contributed by atoms with van der Waals surface area (Å²) < 4.78 is 5.05. The maximum atomic E-state index is 10.9. The number of rotatable bonds is 7. The monoisotopic (exact) mass is 237 g/mol. The summed E-state index contributed by atoms with van der Waals surface area (Å²) in [6, 6.07) is 5.04. The Hall–Kier alpha value is -1.71. The molecule has 0 aliphatic rings. The zero-order valence-corrected chi connectivity index (χ0v) is 10.3. The van der Waals surface area contributed by atoms with Gasteiger partial charge in [-0.15, -0.1) is 0 Å². The molecule has 0 aromatic heterocycles. The Bertz CT molecular complexity index is 377. The van der Waals surface area contributed by atoms with Crippen molar-refractivity contribution < 1.29 is 14.6 Å². The second kappa shape index (κ2) is 6.78. The minimum Gasteiger partial charge on any atom is -0.496 e. The van der Waals surface area contributed by atoms with Gasteiger partial charge in [0.15, 0.2) is 0 Å². The molecule has 0 bridgehead atoms. The molecule has 1 rings (SSSR count).